The zero-order chi connectivity index (χ0) is 17.0. The third-order valence-electron chi connectivity index (χ3n) is 3.30. The first-order valence-electron chi connectivity index (χ1n) is 6.90. The maximum atomic E-state index is 12.8. The van der Waals surface area contributed by atoms with Crippen LogP contribution >= 0.6 is 0 Å². The molecular formula is C14H15F3N4O2. The molecule has 9 heteroatoms. The Kier molecular flexibility index (Phi) is 5.05. The fourth-order valence-electron chi connectivity index (χ4n) is 2.23. The summed E-state index contributed by atoms with van der Waals surface area (Å²) in [4.78, 5) is 16.1. The summed E-state index contributed by atoms with van der Waals surface area (Å²) >= 11 is 0. The average molecular weight is 328 g/mol. The number of halogens is 3. The highest BCUT2D eigenvalue weighted by atomic mass is 19.4. The topological polar surface area (TPSA) is 78.3 Å². The van der Waals surface area contributed by atoms with Crippen LogP contribution < -0.4 is 10.2 Å². The van der Waals surface area contributed by atoms with Crippen molar-refractivity contribution in [2.75, 3.05) is 31.1 Å². The van der Waals surface area contributed by atoms with E-state index >= 15 is 0 Å². The van der Waals surface area contributed by atoms with Gasteiger partial charge in [-0.05, 0) is 12.1 Å². The first kappa shape index (κ1) is 17.0. The van der Waals surface area contributed by atoms with Crippen LogP contribution in [0.2, 0.25) is 0 Å². The van der Waals surface area contributed by atoms with Gasteiger partial charge < -0.3 is 15.0 Å². The predicted molar refractivity (Wildman–Crippen MR) is 74.6 cm³/mol. The number of aromatic nitrogens is 1. The molecule has 2 heterocycles. The van der Waals surface area contributed by atoms with E-state index in [0.29, 0.717) is 6.54 Å². The van der Waals surface area contributed by atoms with E-state index in [2.05, 4.69) is 10.3 Å². The van der Waals surface area contributed by atoms with Crippen molar-refractivity contribution in [2.24, 2.45) is 0 Å². The van der Waals surface area contributed by atoms with Crippen molar-refractivity contribution in [3.63, 3.8) is 0 Å². The third-order valence-corrected chi connectivity index (χ3v) is 3.30. The number of rotatable bonds is 3. The first-order valence-corrected chi connectivity index (χ1v) is 6.90. The predicted octanol–water partition coefficient (Wildman–Crippen LogP) is 1.31. The van der Waals surface area contributed by atoms with Gasteiger partial charge in [-0.1, -0.05) is 0 Å². The lowest BCUT2D eigenvalue weighted by atomic mass is 10.2. The van der Waals surface area contributed by atoms with Gasteiger partial charge in [0.05, 0.1) is 18.3 Å². The lowest BCUT2D eigenvalue weighted by Crippen LogP contribution is -2.48. The molecule has 0 aliphatic carbocycles. The lowest BCUT2D eigenvalue weighted by Gasteiger charge is -2.34. The molecule has 0 radical (unpaired) electrons. The van der Waals surface area contributed by atoms with Crippen molar-refractivity contribution in [2.45, 2.75) is 19.2 Å². The zero-order valence-corrected chi connectivity index (χ0v) is 12.4. The molecule has 1 atom stereocenters. The van der Waals surface area contributed by atoms with E-state index in [4.69, 9.17) is 10.00 Å². The minimum Gasteiger partial charge on any atom is -0.373 e. The van der Waals surface area contributed by atoms with Crippen LogP contribution in [0.3, 0.4) is 0 Å². The summed E-state index contributed by atoms with van der Waals surface area (Å²) in [7, 11) is 0. The summed E-state index contributed by atoms with van der Waals surface area (Å²) in [5, 5.41) is 11.7. The Morgan fingerprint density at radius 2 is 2.30 bits per heavy atom. The van der Waals surface area contributed by atoms with E-state index < -0.39 is 11.9 Å². The maximum Gasteiger partial charge on any atom is 0.433 e. The second-order valence-corrected chi connectivity index (χ2v) is 5.05. The number of alkyl halides is 3. The van der Waals surface area contributed by atoms with E-state index in [9.17, 15) is 18.0 Å². The molecule has 1 N–H and O–H groups in total. The Morgan fingerprint density at radius 3 is 2.91 bits per heavy atom. The van der Waals surface area contributed by atoms with Crippen LogP contribution in [-0.2, 0) is 15.7 Å². The van der Waals surface area contributed by atoms with Crippen molar-refractivity contribution >= 4 is 11.7 Å². The highest BCUT2D eigenvalue weighted by Gasteiger charge is 2.34. The number of amides is 1. The molecule has 23 heavy (non-hydrogen) atoms. The van der Waals surface area contributed by atoms with Gasteiger partial charge in [-0.3, -0.25) is 4.79 Å². The molecule has 0 bridgehead atoms. The van der Waals surface area contributed by atoms with Gasteiger partial charge in [-0.25, -0.2) is 4.98 Å². The monoisotopic (exact) mass is 328 g/mol. The Labute approximate surface area is 130 Å². The lowest BCUT2D eigenvalue weighted by molar-refractivity contribution is -0.141. The number of hydrogen-bond acceptors (Lipinski definition) is 5. The summed E-state index contributed by atoms with van der Waals surface area (Å²) in [6.07, 6.45) is -4.96. The SMILES string of the molecule is CC(=O)NCC1CN(c2nc(C(F)(F)F)ccc2C#N)CCO1. The summed E-state index contributed by atoms with van der Waals surface area (Å²) in [5.41, 5.74) is -0.977. The average Bonchev–Trinajstić information content (AvgIpc) is 2.51. The molecule has 1 amide bonds. The number of carbonyl (C=O) groups is 1. The number of morpholine rings is 1. The largest absolute Gasteiger partial charge is 0.433 e. The number of carbonyl (C=O) groups excluding carboxylic acids is 1. The fourth-order valence-corrected chi connectivity index (χ4v) is 2.23. The second kappa shape index (κ2) is 6.83. The zero-order valence-electron chi connectivity index (χ0n) is 12.4. The molecule has 1 aliphatic heterocycles. The number of anilines is 1. The molecule has 0 aromatic carbocycles. The molecule has 1 saturated heterocycles. The second-order valence-electron chi connectivity index (χ2n) is 5.05. The number of hydrogen-bond donors (Lipinski definition) is 1. The Hall–Kier alpha value is -2.34. The smallest absolute Gasteiger partial charge is 0.373 e. The molecular weight excluding hydrogens is 313 g/mol. The van der Waals surface area contributed by atoms with Crippen LogP contribution in [0.15, 0.2) is 12.1 Å². The molecule has 1 aliphatic rings. The summed E-state index contributed by atoms with van der Waals surface area (Å²) < 4.78 is 43.9. The van der Waals surface area contributed by atoms with Gasteiger partial charge in [-0.15, -0.1) is 0 Å². The molecule has 1 aromatic rings. The van der Waals surface area contributed by atoms with Gasteiger partial charge in [0.2, 0.25) is 5.91 Å². The first-order chi connectivity index (χ1) is 10.8. The van der Waals surface area contributed by atoms with Gasteiger partial charge >= 0.3 is 6.18 Å². The quantitative estimate of drug-likeness (QED) is 0.905. The normalized spacial score (nSPS) is 18.4. The van der Waals surface area contributed by atoms with E-state index in [1.807, 2.05) is 6.07 Å². The Balaban J connectivity index is 2.22. The van der Waals surface area contributed by atoms with Crippen molar-refractivity contribution in [1.29, 1.82) is 5.26 Å². The van der Waals surface area contributed by atoms with Crippen LogP contribution in [0.25, 0.3) is 0 Å². The number of nitrogens with zero attached hydrogens (tertiary/aromatic N) is 3. The molecule has 1 unspecified atom stereocenters. The summed E-state index contributed by atoms with van der Waals surface area (Å²) in [6.45, 7) is 2.44. The van der Waals surface area contributed by atoms with E-state index in [1.165, 1.54) is 6.92 Å². The molecule has 1 fully saturated rings. The van der Waals surface area contributed by atoms with Gasteiger partial charge in [0.15, 0.2) is 0 Å². The standard InChI is InChI=1S/C14H15F3N4O2/c1-9(22)19-7-11-8-21(4-5-23-11)13-10(6-18)2-3-12(20-13)14(15,16)17/h2-3,11H,4-5,7-8H2,1H3,(H,19,22). The minimum atomic E-state index is -4.58. The molecule has 124 valence electrons. The van der Waals surface area contributed by atoms with Crippen LogP contribution in [0.4, 0.5) is 19.0 Å². The van der Waals surface area contributed by atoms with Gasteiger partial charge in [0.25, 0.3) is 0 Å². The Morgan fingerprint density at radius 1 is 1.57 bits per heavy atom. The van der Waals surface area contributed by atoms with Crippen LogP contribution in [-0.4, -0.2) is 43.2 Å². The number of ether oxygens (including phenoxy) is 1. The minimum absolute atomic E-state index is 0.0153. The van der Waals surface area contributed by atoms with Gasteiger partial charge in [0.1, 0.15) is 17.6 Å². The van der Waals surface area contributed by atoms with Crippen LogP contribution in [0.5, 0.6) is 0 Å². The van der Waals surface area contributed by atoms with Crippen LogP contribution in [0, 0.1) is 11.3 Å². The highest BCUT2D eigenvalue weighted by molar-refractivity contribution is 5.72. The third kappa shape index (κ3) is 4.32. The molecule has 6 nitrogen and oxygen atoms in total. The van der Waals surface area contributed by atoms with Crippen molar-refractivity contribution in [1.82, 2.24) is 10.3 Å². The summed E-state index contributed by atoms with van der Waals surface area (Å²) in [6, 6.07) is 3.76. The van der Waals surface area contributed by atoms with Gasteiger partial charge in [0, 0.05) is 26.6 Å². The number of nitriles is 1. The molecule has 0 saturated carbocycles. The number of pyridine rings is 1. The number of nitrogens with one attached hydrogen (secondary N) is 1. The van der Waals surface area contributed by atoms with Crippen LogP contribution in [0.1, 0.15) is 18.2 Å². The molecule has 0 spiro atoms. The maximum absolute atomic E-state index is 12.8. The van der Waals surface area contributed by atoms with E-state index in [-0.39, 0.29) is 43.1 Å². The Bertz CT molecular complexity index is 627. The highest BCUT2D eigenvalue weighted by Crippen LogP contribution is 2.30. The van der Waals surface area contributed by atoms with Gasteiger partial charge in [-0.2, -0.15) is 18.4 Å². The van der Waals surface area contributed by atoms with E-state index in [1.54, 1.807) is 4.90 Å². The van der Waals surface area contributed by atoms with Crippen molar-refractivity contribution in [3.05, 3.63) is 23.4 Å². The molecule has 2 rings (SSSR count). The van der Waals surface area contributed by atoms with Crippen molar-refractivity contribution in [3.8, 4) is 6.07 Å². The van der Waals surface area contributed by atoms with Crippen molar-refractivity contribution < 1.29 is 22.7 Å². The fraction of sp³-hybridized carbons (Fsp3) is 0.500. The summed E-state index contributed by atoms with van der Waals surface area (Å²) in [5.74, 6) is -0.237. The molecule has 1 aromatic heterocycles. The van der Waals surface area contributed by atoms with E-state index in [0.717, 1.165) is 12.1 Å².